The van der Waals surface area contributed by atoms with Gasteiger partial charge in [-0.1, -0.05) is 4.85 Å². The number of nitrogens with two attached hydrogens (primary N) is 1. The Hall–Kier alpha value is -1.12. The fraction of sp³-hybridized carbons (Fsp3) is 0.600. The van der Waals surface area contributed by atoms with E-state index in [9.17, 15) is 4.79 Å². The standard InChI is InChI=1S/C5H9N2O3/c1-7-3(4(6)8)5(9)10-2/h1,3-4,8H,6H2,2H3/q+1. The number of nitrogens with zero attached hydrogens (tertiary/aromatic N) is 1. The fourth-order valence-electron chi connectivity index (χ4n) is 0.409. The van der Waals surface area contributed by atoms with Crippen LogP contribution in [0.1, 0.15) is 0 Å². The minimum atomic E-state index is -1.41. The maximum Gasteiger partial charge on any atom is 0.404 e. The molecule has 0 aliphatic rings. The van der Waals surface area contributed by atoms with Crippen LogP contribution in [0.5, 0.6) is 0 Å². The lowest BCUT2D eigenvalue weighted by Gasteiger charge is -2.00. The molecule has 5 nitrogen and oxygen atoms in total. The third kappa shape index (κ3) is 2.01. The van der Waals surface area contributed by atoms with Crippen LogP contribution in [0.15, 0.2) is 0 Å². The smallest absolute Gasteiger partial charge is 0.404 e. The Labute approximate surface area is 58.2 Å². The molecular formula is C5H9N2O3+. The van der Waals surface area contributed by atoms with Crippen LogP contribution in [0.3, 0.4) is 0 Å². The summed E-state index contributed by atoms with van der Waals surface area (Å²) >= 11 is 0. The number of rotatable bonds is 2. The topological polar surface area (TPSA) is 76.9 Å². The summed E-state index contributed by atoms with van der Waals surface area (Å²) < 4.78 is 4.21. The third-order valence-electron chi connectivity index (χ3n) is 0.927. The van der Waals surface area contributed by atoms with Crippen molar-refractivity contribution in [1.29, 1.82) is 0 Å². The second-order valence-corrected chi connectivity index (χ2v) is 1.61. The molecule has 0 aliphatic carbocycles. The second kappa shape index (κ2) is 3.82. The Morgan fingerprint density at radius 3 is 2.50 bits per heavy atom. The lowest BCUT2D eigenvalue weighted by molar-refractivity contribution is -0.143. The van der Waals surface area contributed by atoms with Gasteiger partial charge >= 0.3 is 12.0 Å². The molecule has 56 valence electrons. The summed E-state index contributed by atoms with van der Waals surface area (Å²) in [5, 5.41) is 8.62. The van der Waals surface area contributed by atoms with Gasteiger partial charge in [0, 0.05) is 0 Å². The molecule has 0 aromatic rings. The summed E-state index contributed by atoms with van der Waals surface area (Å²) in [7, 11) is 1.16. The highest BCUT2D eigenvalue weighted by atomic mass is 16.5. The molecule has 0 aliphatic heterocycles. The Bertz CT molecular complexity index is 161. The van der Waals surface area contributed by atoms with Gasteiger partial charge in [-0.05, 0) is 0 Å². The number of esters is 1. The van der Waals surface area contributed by atoms with Crippen molar-refractivity contribution in [3.05, 3.63) is 4.85 Å². The Balaban J connectivity index is 4.11. The van der Waals surface area contributed by atoms with Crippen LogP contribution in [-0.2, 0) is 9.53 Å². The highest BCUT2D eigenvalue weighted by molar-refractivity contribution is 5.78. The van der Waals surface area contributed by atoms with Crippen LogP contribution in [0.2, 0.25) is 0 Å². The molecule has 3 N–H and O–H groups in total. The molecule has 0 radical (unpaired) electrons. The predicted octanol–water partition coefficient (Wildman–Crippen LogP) is -1.23. The van der Waals surface area contributed by atoms with Gasteiger partial charge in [-0.15, -0.1) is 0 Å². The van der Waals surface area contributed by atoms with Gasteiger partial charge in [0.1, 0.15) is 0 Å². The van der Waals surface area contributed by atoms with Crippen molar-refractivity contribution in [3.8, 4) is 6.57 Å². The molecular weight excluding hydrogens is 136 g/mol. The highest BCUT2D eigenvalue weighted by Gasteiger charge is 2.34. The second-order valence-electron chi connectivity index (χ2n) is 1.61. The molecule has 0 rings (SSSR count). The Morgan fingerprint density at radius 1 is 1.90 bits per heavy atom. The quantitative estimate of drug-likeness (QED) is 0.376. The maximum atomic E-state index is 10.5. The van der Waals surface area contributed by atoms with Gasteiger partial charge in [0.15, 0.2) is 6.23 Å². The fourth-order valence-corrected chi connectivity index (χ4v) is 0.409. The van der Waals surface area contributed by atoms with Crippen molar-refractivity contribution in [2.45, 2.75) is 12.3 Å². The molecule has 0 bridgehead atoms. The van der Waals surface area contributed by atoms with Gasteiger partial charge in [0.25, 0.3) is 6.57 Å². The Kier molecular flexibility index (Phi) is 3.39. The van der Waals surface area contributed by atoms with E-state index >= 15 is 0 Å². The van der Waals surface area contributed by atoms with Gasteiger partial charge in [0.2, 0.25) is 0 Å². The van der Waals surface area contributed by atoms with E-state index in [4.69, 9.17) is 17.4 Å². The zero-order chi connectivity index (χ0) is 8.15. The van der Waals surface area contributed by atoms with Crippen molar-refractivity contribution >= 4 is 5.97 Å². The molecule has 0 aromatic heterocycles. The van der Waals surface area contributed by atoms with Gasteiger partial charge in [-0.25, -0.2) is 4.79 Å². The minimum Gasteiger partial charge on any atom is -0.463 e. The molecule has 0 saturated heterocycles. The first-order valence-electron chi connectivity index (χ1n) is 2.55. The molecule has 0 fully saturated rings. The van der Waals surface area contributed by atoms with Crippen LogP contribution < -0.4 is 5.73 Å². The van der Waals surface area contributed by atoms with E-state index in [-0.39, 0.29) is 0 Å². The van der Waals surface area contributed by atoms with Crippen molar-refractivity contribution < 1.29 is 14.6 Å². The normalized spacial score (nSPS) is 15.0. The van der Waals surface area contributed by atoms with Crippen LogP contribution in [0.25, 0.3) is 4.85 Å². The van der Waals surface area contributed by atoms with Gasteiger partial charge < -0.3 is 9.84 Å². The number of hydrogen-bond acceptors (Lipinski definition) is 4. The van der Waals surface area contributed by atoms with Crippen LogP contribution >= 0.6 is 0 Å². The average molecular weight is 145 g/mol. The maximum absolute atomic E-state index is 10.5. The monoisotopic (exact) mass is 145 g/mol. The summed E-state index contributed by atoms with van der Waals surface area (Å²) in [6, 6.07) is -1.19. The predicted molar refractivity (Wildman–Crippen MR) is 34.3 cm³/mol. The van der Waals surface area contributed by atoms with Crippen molar-refractivity contribution in [1.82, 2.24) is 0 Å². The van der Waals surface area contributed by atoms with E-state index in [2.05, 4.69) is 9.58 Å². The van der Waals surface area contributed by atoms with Crippen molar-refractivity contribution in [3.63, 3.8) is 0 Å². The van der Waals surface area contributed by atoms with E-state index in [1.807, 2.05) is 0 Å². The molecule has 2 unspecified atom stereocenters. The number of carbonyl (C=O) groups excluding carboxylic acids is 1. The third-order valence-corrected chi connectivity index (χ3v) is 0.927. The first-order valence-corrected chi connectivity index (χ1v) is 2.55. The average Bonchev–Trinajstić information content (AvgIpc) is 1.88. The number of ether oxygens (including phenoxy) is 1. The van der Waals surface area contributed by atoms with Crippen molar-refractivity contribution in [2.24, 2.45) is 5.73 Å². The molecule has 2 atom stereocenters. The number of carbonyl (C=O) groups is 1. The Morgan fingerprint density at radius 2 is 2.40 bits per heavy atom. The number of hydrogen-bond donors (Lipinski definition) is 2. The van der Waals surface area contributed by atoms with E-state index in [0.717, 1.165) is 7.11 Å². The SMILES string of the molecule is C#[N+]C(C(=O)OC)C(N)O. The molecule has 0 amide bonds. The lowest BCUT2D eigenvalue weighted by atomic mass is 10.3. The summed E-state index contributed by atoms with van der Waals surface area (Å²) in [5.41, 5.74) is 4.90. The van der Waals surface area contributed by atoms with Gasteiger partial charge in [-0.2, -0.15) is 0 Å². The van der Waals surface area contributed by atoms with Crippen LogP contribution in [0, 0.1) is 6.57 Å². The van der Waals surface area contributed by atoms with E-state index < -0.39 is 18.2 Å². The molecule has 5 heteroatoms. The zero-order valence-electron chi connectivity index (χ0n) is 5.52. The summed E-state index contributed by atoms with van der Waals surface area (Å²) in [5.74, 6) is -0.752. The molecule has 0 saturated carbocycles. The summed E-state index contributed by atoms with van der Waals surface area (Å²) in [6.07, 6.45) is -1.41. The van der Waals surface area contributed by atoms with E-state index in [1.165, 1.54) is 0 Å². The lowest BCUT2D eigenvalue weighted by Crippen LogP contribution is -2.38. The van der Waals surface area contributed by atoms with Gasteiger partial charge in [-0.3, -0.25) is 5.73 Å². The summed E-state index contributed by atoms with van der Waals surface area (Å²) in [6.45, 7) is 4.73. The number of aliphatic hydroxyl groups excluding tert-OH is 1. The molecule has 0 aromatic carbocycles. The van der Waals surface area contributed by atoms with Crippen LogP contribution in [0.4, 0.5) is 0 Å². The van der Waals surface area contributed by atoms with Crippen molar-refractivity contribution in [2.75, 3.05) is 7.11 Å². The first-order chi connectivity index (χ1) is 4.63. The van der Waals surface area contributed by atoms with Crippen LogP contribution in [-0.4, -0.2) is 30.5 Å². The highest BCUT2D eigenvalue weighted by Crippen LogP contribution is 1.95. The largest absolute Gasteiger partial charge is 0.463 e. The molecule has 0 spiro atoms. The first kappa shape index (κ1) is 8.88. The number of aliphatic hydroxyl groups is 1. The van der Waals surface area contributed by atoms with Gasteiger partial charge in [0.05, 0.1) is 7.11 Å². The van der Waals surface area contributed by atoms with E-state index in [0.29, 0.717) is 0 Å². The minimum absolute atomic E-state index is 0.752. The molecule has 0 heterocycles. The molecule has 10 heavy (non-hydrogen) atoms. The van der Waals surface area contributed by atoms with E-state index in [1.54, 1.807) is 0 Å². The zero-order valence-corrected chi connectivity index (χ0v) is 5.52. The number of methoxy groups -OCH3 is 1. The summed E-state index contributed by atoms with van der Waals surface area (Å²) in [4.78, 5) is 13.6.